The monoisotopic (exact) mass is 361 g/mol. The summed E-state index contributed by atoms with van der Waals surface area (Å²) in [6.45, 7) is 5.81. The van der Waals surface area contributed by atoms with E-state index >= 15 is 0 Å². The van der Waals surface area contributed by atoms with Gasteiger partial charge in [0.05, 0.1) is 16.9 Å². The van der Waals surface area contributed by atoms with Gasteiger partial charge in [0.2, 0.25) is 0 Å². The van der Waals surface area contributed by atoms with Crippen molar-refractivity contribution < 1.29 is 9.18 Å². The van der Waals surface area contributed by atoms with Crippen LogP contribution in [0, 0.1) is 30.0 Å². The Balaban J connectivity index is 2.17. The van der Waals surface area contributed by atoms with Crippen LogP contribution < -0.4 is 0 Å². The van der Waals surface area contributed by atoms with Gasteiger partial charge in [-0.25, -0.2) is 9.07 Å². The molecule has 1 unspecified atom stereocenters. The van der Waals surface area contributed by atoms with Crippen LogP contribution in [0.3, 0.4) is 0 Å². The Morgan fingerprint density at radius 1 is 1.22 bits per heavy atom. The predicted octanol–water partition coefficient (Wildman–Crippen LogP) is 5.09. The first-order chi connectivity index (χ1) is 12.9. The molecule has 4 nitrogen and oxygen atoms in total. The van der Waals surface area contributed by atoms with E-state index in [1.807, 2.05) is 51.1 Å². The van der Waals surface area contributed by atoms with Crippen molar-refractivity contribution in [1.82, 2.24) is 9.78 Å². The molecule has 0 radical (unpaired) electrons. The largest absolute Gasteiger partial charge is 0.292 e. The van der Waals surface area contributed by atoms with Gasteiger partial charge in [-0.2, -0.15) is 10.4 Å². The zero-order valence-corrected chi connectivity index (χ0v) is 15.5. The molecule has 27 heavy (non-hydrogen) atoms. The van der Waals surface area contributed by atoms with Crippen LogP contribution in [-0.2, 0) is 0 Å². The second-order valence-corrected chi connectivity index (χ2v) is 6.64. The highest BCUT2D eigenvalue weighted by atomic mass is 19.1. The van der Waals surface area contributed by atoms with Crippen molar-refractivity contribution in [3.05, 3.63) is 71.2 Å². The number of benzene rings is 2. The molecule has 0 aliphatic heterocycles. The summed E-state index contributed by atoms with van der Waals surface area (Å²) in [7, 11) is 0. The van der Waals surface area contributed by atoms with E-state index < -0.39 is 5.82 Å². The van der Waals surface area contributed by atoms with Gasteiger partial charge < -0.3 is 0 Å². The molecule has 0 bridgehead atoms. The Labute approximate surface area is 157 Å². The topological polar surface area (TPSA) is 58.7 Å². The van der Waals surface area contributed by atoms with E-state index in [2.05, 4.69) is 5.10 Å². The van der Waals surface area contributed by atoms with Crippen LogP contribution in [0.15, 0.2) is 48.5 Å². The SMILES string of the molecule is CCC(C)C(=O)c1cc(-c2ccc(C#N)c(F)c2)n(-c2ccc(C)cc2)n1. The Hall–Kier alpha value is -3.26. The first kappa shape index (κ1) is 18.5. The lowest BCUT2D eigenvalue weighted by Gasteiger charge is -2.08. The third kappa shape index (κ3) is 3.65. The van der Waals surface area contributed by atoms with Gasteiger partial charge >= 0.3 is 0 Å². The maximum absolute atomic E-state index is 14.2. The number of carbonyl (C=O) groups excluding carboxylic acids is 1. The first-order valence-corrected chi connectivity index (χ1v) is 8.86. The van der Waals surface area contributed by atoms with E-state index in [0.29, 0.717) is 17.0 Å². The molecular weight excluding hydrogens is 341 g/mol. The average Bonchev–Trinajstić information content (AvgIpc) is 3.12. The minimum atomic E-state index is -0.596. The molecule has 0 aliphatic rings. The summed E-state index contributed by atoms with van der Waals surface area (Å²) < 4.78 is 15.8. The minimum Gasteiger partial charge on any atom is -0.292 e. The number of aromatic nitrogens is 2. The van der Waals surface area contributed by atoms with Gasteiger partial charge in [-0.1, -0.05) is 37.6 Å². The van der Waals surface area contributed by atoms with Gasteiger partial charge in [-0.15, -0.1) is 0 Å². The van der Waals surface area contributed by atoms with Gasteiger partial charge in [0.15, 0.2) is 5.78 Å². The molecule has 3 rings (SSSR count). The summed E-state index contributed by atoms with van der Waals surface area (Å²) in [4.78, 5) is 12.6. The molecule has 5 heteroatoms. The molecule has 136 valence electrons. The molecule has 0 fully saturated rings. The van der Waals surface area contributed by atoms with Crippen LogP contribution >= 0.6 is 0 Å². The number of nitriles is 1. The molecule has 0 saturated carbocycles. The van der Waals surface area contributed by atoms with Crippen molar-refractivity contribution in [2.75, 3.05) is 0 Å². The Morgan fingerprint density at radius 3 is 2.52 bits per heavy atom. The molecule has 1 atom stereocenters. The highest BCUT2D eigenvalue weighted by molar-refractivity contribution is 5.97. The standard InChI is InChI=1S/C22H20FN3O/c1-4-15(3)22(27)20-12-21(16-7-8-17(13-24)19(23)11-16)26(25-20)18-9-5-14(2)6-10-18/h5-12,15H,4H2,1-3H3. The second-order valence-electron chi connectivity index (χ2n) is 6.64. The molecule has 0 amide bonds. The lowest BCUT2D eigenvalue weighted by atomic mass is 10.0. The van der Waals surface area contributed by atoms with Crippen LogP contribution in [-0.4, -0.2) is 15.6 Å². The van der Waals surface area contributed by atoms with E-state index in [0.717, 1.165) is 17.7 Å². The molecule has 1 heterocycles. The number of hydrogen-bond donors (Lipinski definition) is 0. The molecule has 0 aliphatic carbocycles. The summed E-state index contributed by atoms with van der Waals surface area (Å²) in [6.07, 6.45) is 0.719. The highest BCUT2D eigenvalue weighted by Crippen LogP contribution is 2.27. The summed E-state index contributed by atoms with van der Waals surface area (Å²) in [5.74, 6) is -0.780. The molecular formula is C22H20FN3O. The fourth-order valence-corrected chi connectivity index (χ4v) is 2.79. The maximum Gasteiger partial charge on any atom is 0.185 e. The number of carbonyl (C=O) groups is 1. The van der Waals surface area contributed by atoms with Gasteiger partial charge in [0, 0.05) is 11.5 Å². The Kier molecular flexibility index (Phi) is 5.18. The van der Waals surface area contributed by atoms with Crippen LogP contribution in [0.5, 0.6) is 0 Å². The van der Waals surface area contributed by atoms with Gasteiger partial charge in [0.25, 0.3) is 0 Å². The number of nitrogens with zero attached hydrogens (tertiary/aromatic N) is 3. The number of ketones is 1. The molecule has 0 saturated heterocycles. The predicted molar refractivity (Wildman–Crippen MR) is 102 cm³/mol. The maximum atomic E-state index is 14.2. The zero-order valence-electron chi connectivity index (χ0n) is 15.5. The smallest absolute Gasteiger partial charge is 0.185 e. The third-order valence-corrected chi connectivity index (χ3v) is 4.69. The number of Topliss-reactive ketones (excluding diaryl/α,β-unsaturated/α-hetero) is 1. The van der Waals surface area contributed by atoms with Gasteiger partial charge in [0.1, 0.15) is 17.6 Å². The van der Waals surface area contributed by atoms with E-state index in [1.165, 1.54) is 12.1 Å². The second kappa shape index (κ2) is 7.55. The Morgan fingerprint density at radius 2 is 1.93 bits per heavy atom. The van der Waals surface area contributed by atoms with Crippen LogP contribution in [0.1, 0.15) is 41.9 Å². The fourth-order valence-electron chi connectivity index (χ4n) is 2.79. The number of rotatable bonds is 5. The zero-order chi connectivity index (χ0) is 19.6. The van der Waals surface area contributed by atoms with E-state index in [9.17, 15) is 9.18 Å². The number of aryl methyl sites for hydroxylation is 1. The third-order valence-electron chi connectivity index (χ3n) is 4.69. The first-order valence-electron chi connectivity index (χ1n) is 8.86. The summed E-state index contributed by atoms with van der Waals surface area (Å²) in [5.41, 5.74) is 3.38. The quantitative estimate of drug-likeness (QED) is 0.595. The molecule has 0 spiro atoms. The van der Waals surface area contributed by atoms with Crippen molar-refractivity contribution >= 4 is 5.78 Å². The van der Waals surface area contributed by atoms with Crippen molar-refractivity contribution in [1.29, 1.82) is 5.26 Å². The van der Waals surface area contributed by atoms with Crippen molar-refractivity contribution in [3.63, 3.8) is 0 Å². The molecule has 1 aromatic heterocycles. The number of hydrogen-bond acceptors (Lipinski definition) is 3. The van der Waals surface area contributed by atoms with Crippen LogP contribution in [0.2, 0.25) is 0 Å². The normalized spacial score (nSPS) is 11.8. The van der Waals surface area contributed by atoms with Gasteiger partial charge in [-0.05, 0) is 43.7 Å². The number of halogens is 1. The Bertz CT molecular complexity index is 1030. The summed E-state index contributed by atoms with van der Waals surface area (Å²) in [6, 6.07) is 15.6. The fraction of sp³-hybridized carbons (Fsp3) is 0.227. The van der Waals surface area contributed by atoms with Crippen molar-refractivity contribution in [3.8, 4) is 23.0 Å². The lowest BCUT2D eigenvalue weighted by molar-refractivity contribution is 0.0921. The van der Waals surface area contributed by atoms with Crippen LogP contribution in [0.25, 0.3) is 16.9 Å². The lowest BCUT2D eigenvalue weighted by Crippen LogP contribution is -2.11. The average molecular weight is 361 g/mol. The van der Waals surface area contributed by atoms with Gasteiger partial charge in [-0.3, -0.25) is 4.79 Å². The van der Waals surface area contributed by atoms with Crippen molar-refractivity contribution in [2.45, 2.75) is 27.2 Å². The van der Waals surface area contributed by atoms with E-state index in [-0.39, 0.29) is 17.3 Å². The van der Waals surface area contributed by atoms with E-state index in [1.54, 1.807) is 16.8 Å². The van der Waals surface area contributed by atoms with E-state index in [4.69, 9.17) is 5.26 Å². The molecule has 2 aromatic carbocycles. The molecule has 3 aromatic rings. The van der Waals surface area contributed by atoms with Crippen molar-refractivity contribution in [2.24, 2.45) is 5.92 Å². The van der Waals surface area contributed by atoms with Crippen LogP contribution in [0.4, 0.5) is 4.39 Å². The highest BCUT2D eigenvalue weighted by Gasteiger charge is 2.21. The summed E-state index contributed by atoms with van der Waals surface area (Å²) >= 11 is 0. The molecule has 0 N–H and O–H groups in total. The summed E-state index contributed by atoms with van der Waals surface area (Å²) in [5, 5.41) is 13.5. The minimum absolute atomic E-state index is 0.0175.